The molecule has 0 unspecified atom stereocenters. The molecule has 164 valence electrons. The van der Waals surface area contributed by atoms with Crippen LogP contribution >= 0.6 is 0 Å². The van der Waals surface area contributed by atoms with E-state index in [9.17, 15) is 22.8 Å². The minimum absolute atomic E-state index is 0.0900. The van der Waals surface area contributed by atoms with Crippen LogP contribution in [0.15, 0.2) is 24.3 Å². The molecule has 0 bridgehead atoms. The van der Waals surface area contributed by atoms with Crippen molar-refractivity contribution in [3.05, 3.63) is 35.4 Å². The van der Waals surface area contributed by atoms with E-state index >= 15 is 0 Å². The maximum atomic E-state index is 12.6. The summed E-state index contributed by atoms with van der Waals surface area (Å²) < 4.78 is 42.9. The van der Waals surface area contributed by atoms with Crippen molar-refractivity contribution in [3.8, 4) is 0 Å². The van der Waals surface area contributed by atoms with Gasteiger partial charge in [0.15, 0.2) is 0 Å². The predicted molar refractivity (Wildman–Crippen MR) is 107 cm³/mol. The third kappa shape index (κ3) is 10.3. The Hall–Kier alpha value is -2.05. The number of likely N-dealkylation sites (N-methyl/N-ethyl adjacent to an activating group) is 1. The molecule has 1 aromatic rings. The van der Waals surface area contributed by atoms with Gasteiger partial charge in [0.25, 0.3) is 5.91 Å². The van der Waals surface area contributed by atoms with E-state index in [1.165, 1.54) is 45.6 Å². The van der Waals surface area contributed by atoms with Crippen molar-refractivity contribution in [2.75, 3.05) is 20.2 Å². The van der Waals surface area contributed by atoms with E-state index < -0.39 is 23.6 Å². The van der Waals surface area contributed by atoms with Crippen molar-refractivity contribution in [3.63, 3.8) is 0 Å². The summed E-state index contributed by atoms with van der Waals surface area (Å²) in [7, 11) is 1.42. The van der Waals surface area contributed by atoms with Gasteiger partial charge < -0.3 is 9.64 Å². The van der Waals surface area contributed by atoms with Crippen LogP contribution in [0.3, 0.4) is 0 Å². The summed E-state index contributed by atoms with van der Waals surface area (Å²) in [6, 6.07) is 3.91. The van der Waals surface area contributed by atoms with Gasteiger partial charge in [-0.1, -0.05) is 58.3 Å². The molecule has 0 heterocycles. The summed E-state index contributed by atoms with van der Waals surface area (Å²) in [6.45, 7) is 2.28. The molecule has 0 spiro atoms. The number of amides is 1. The molecule has 1 aromatic carbocycles. The van der Waals surface area contributed by atoms with Crippen molar-refractivity contribution in [2.45, 2.75) is 70.9 Å². The van der Waals surface area contributed by atoms with Gasteiger partial charge in [-0.25, -0.2) is 0 Å². The highest BCUT2D eigenvalue weighted by molar-refractivity contribution is 5.95. The Balaban J connectivity index is 2.21. The van der Waals surface area contributed by atoms with E-state index in [4.69, 9.17) is 4.74 Å². The van der Waals surface area contributed by atoms with Gasteiger partial charge in [0.1, 0.15) is 6.54 Å². The standard InChI is InChI=1S/C22H32F3NO3/c1-3-4-5-6-7-8-9-10-11-16-29-20(27)17-26(2)21(28)18-12-14-19(15-13-18)22(23,24)25/h12-15H,3-11,16-17H2,1-2H3. The fourth-order valence-electron chi connectivity index (χ4n) is 2.93. The molecule has 0 N–H and O–H groups in total. The second kappa shape index (κ2) is 13.2. The molecule has 7 heteroatoms. The molecule has 0 aliphatic rings. The topological polar surface area (TPSA) is 46.6 Å². The van der Waals surface area contributed by atoms with Gasteiger partial charge >= 0.3 is 12.1 Å². The summed E-state index contributed by atoms with van der Waals surface area (Å²) in [5, 5.41) is 0. The molecule has 0 aliphatic heterocycles. The highest BCUT2D eigenvalue weighted by atomic mass is 19.4. The Labute approximate surface area is 171 Å². The van der Waals surface area contributed by atoms with E-state index in [0.29, 0.717) is 6.61 Å². The highest BCUT2D eigenvalue weighted by Crippen LogP contribution is 2.29. The van der Waals surface area contributed by atoms with Gasteiger partial charge in [0.05, 0.1) is 12.2 Å². The number of nitrogens with zero attached hydrogens (tertiary/aromatic N) is 1. The summed E-state index contributed by atoms with van der Waals surface area (Å²) in [4.78, 5) is 25.2. The summed E-state index contributed by atoms with van der Waals surface area (Å²) in [5.74, 6) is -1.05. The van der Waals surface area contributed by atoms with Gasteiger partial charge in [-0.2, -0.15) is 13.2 Å². The van der Waals surface area contributed by atoms with Crippen molar-refractivity contribution in [2.24, 2.45) is 0 Å². The van der Waals surface area contributed by atoms with Gasteiger partial charge in [-0.15, -0.1) is 0 Å². The number of esters is 1. The SMILES string of the molecule is CCCCCCCCCCCOC(=O)CN(C)C(=O)c1ccc(C(F)(F)F)cc1. The molecule has 0 atom stereocenters. The Kier molecular flexibility index (Phi) is 11.4. The van der Waals surface area contributed by atoms with Crippen LogP contribution in [0.2, 0.25) is 0 Å². The third-order valence-corrected chi connectivity index (χ3v) is 4.68. The predicted octanol–water partition coefficient (Wildman–Crippen LogP) is 5.85. The number of hydrogen-bond donors (Lipinski definition) is 0. The smallest absolute Gasteiger partial charge is 0.416 e. The first kappa shape index (κ1) is 25.0. The number of unbranched alkanes of at least 4 members (excludes halogenated alkanes) is 8. The first-order valence-corrected chi connectivity index (χ1v) is 10.3. The largest absolute Gasteiger partial charge is 0.464 e. The van der Waals surface area contributed by atoms with Crippen LogP contribution in [0.25, 0.3) is 0 Å². The van der Waals surface area contributed by atoms with Crippen molar-refractivity contribution >= 4 is 11.9 Å². The highest BCUT2D eigenvalue weighted by Gasteiger charge is 2.30. The molecular weight excluding hydrogens is 383 g/mol. The average molecular weight is 415 g/mol. The maximum Gasteiger partial charge on any atom is 0.416 e. The summed E-state index contributed by atoms with van der Waals surface area (Å²) in [5.41, 5.74) is -0.732. The lowest BCUT2D eigenvalue weighted by atomic mass is 10.1. The quantitative estimate of drug-likeness (QED) is 0.300. The molecule has 1 rings (SSSR count). The lowest BCUT2D eigenvalue weighted by Gasteiger charge is -2.17. The van der Waals surface area contributed by atoms with E-state index in [1.807, 2.05) is 0 Å². The van der Waals surface area contributed by atoms with Gasteiger partial charge in [-0.05, 0) is 30.7 Å². The number of carbonyl (C=O) groups excluding carboxylic acids is 2. The average Bonchev–Trinajstić information content (AvgIpc) is 2.68. The first-order chi connectivity index (χ1) is 13.8. The molecule has 0 aromatic heterocycles. The Bertz CT molecular complexity index is 615. The molecule has 4 nitrogen and oxygen atoms in total. The summed E-state index contributed by atoms with van der Waals surface area (Å²) >= 11 is 0. The van der Waals surface area contributed by atoms with Crippen molar-refractivity contribution in [1.82, 2.24) is 4.90 Å². The fourth-order valence-corrected chi connectivity index (χ4v) is 2.93. The number of rotatable bonds is 13. The Morgan fingerprint density at radius 2 is 1.41 bits per heavy atom. The minimum Gasteiger partial charge on any atom is -0.464 e. The molecule has 29 heavy (non-hydrogen) atoms. The second-order valence-corrected chi connectivity index (χ2v) is 7.29. The van der Waals surface area contributed by atoms with E-state index in [2.05, 4.69) is 6.92 Å². The molecule has 0 saturated heterocycles. The van der Waals surface area contributed by atoms with Gasteiger partial charge in [0.2, 0.25) is 0 Å². The monoisotopic (exact) mass is 415 g/mol. The van der Waals surface area contributed by atoms with Gasteiger partial charge in [0, 0.05) is 12.6 Å². The lowest BCUT2D eigenvalue weighted by molar-refractivity contribution is -0.144. The summed E-state index contributed by atoms with van der Waals surface area (Å²) in [6.07, 6.45) is 6.02. The number of ether oxygens (including phenoxy) is 1. The zero-order chi connectivity index (χ0) is 21.7. The second-order valence-electron chi connectivity index (χ2n) is 7.29. The van der Waals surface area contributed by atoms with Crippen LogP contribution in [-0.2, 0) is 15.7 Å². The molecule has 1 amide bonds. The zero-order valence-electron chi connectivity index (χ0n) is 17.4. The zero-order valence-corrected chi connectivity index (χ0v) is 17.4. The normalized spacial score (nSPS) is 11.3. The minimum atomic E-state index is -4.45. The molecule has 0 radical (unpaired) electrons. The molecule has 0 fully saturated rings. The molecule has 0 saturated carbocycles. The van der Waals surface area contributed by atoms with Crippen LogP contribution in [0.4, 0.5) is 13.2 Å². The van der Waals surface area contributed by atoms with Gasteiger partial charge in [-0.3, -0.25) is 9.59 Å². The number of alkyl halides is 3. The number of hydrogen-bond acceptors (Lipinski definition) is 3. The van der Waals surface area contributed by atoms with E-state index in [0.717, 1.165) is 48.4 Å². The number of halogens is 3. The Morgan fingerprint density at radius 1 is 0.897 bits per heavy atom. The van der Waals surface area contributed by atoms with Crippen LogP contribution in [-0.4, -0.2) is 37.0 Å². The maximum absolute atomic E-state index is 12.6. The van der Waals surface area contributed by atoms with Crippen LogP contribution in [0.5, 0.6) is 0 Å². The van der Waals surface area contributed by atoms with Crippen LogP contribution < -0.4 is 0 Å². The number of carbonyl (C=O) groups is 2. The molecular formula is C22H32F3NO3. The van der Waals surface area contributed by atoms with Crippen LogP contribution in [0.1, 0.15) is 80.6 Å². The fraction of sp³-hybridized carbons (Fsp3) is 0.636. The van der Waals surface area contributed by atoms with E-state index in [1.54, 1.807) is 0 Å². The lowest BCUT2D eigenvalue weighted by Crippen LogP contribution is -2.33. The first-order valence-electron chi connectivity index (χ1n) is 10.3. The number of benzene rings is 1. The molecule has 0 aliphatic carbocycles. The van der Waals surface area contributed by atoms with Crippen molar-refractivity contribution in [1.29, 1.82) is 0 Å². The Morgan fingerprint density at radius 3 is 1.93 bits per heavy atom. The van der Waals surface area contributed by atoms with Crippen LogP contribution in [0, 0.1) is 0 Å². The van der Waals surface area contributed by atoms with Crippen molar-refractivity contribution < 1.29 is 27.5 Å². The third-order valence-electron chi connectivity index (χ3n) is 4.68. The van der Waals surface area contributed by atoms with E-state index in [-0.39, 0.29) is 12.1 Å².